The van der Waals surface area contributed by atoms with Gasteiger partial charge in [-0.05, 0) is 84.3 Å². The molecule has 3 heterocycles. The van der Waals surface area contributed by atoms with E-state index >= 15 is 0 Å². The second-order valence-electron chi connectivity index (χ2n) is 12.0. The van der Waals surface area contributed by atoms with Gasteiger partial charge >= 0.3 is 4.87 Å². The van der Waals surface area contributed by atoms with E-state index in [1.54, 1.807) is 42.1 Å². The van der Waals surface area contributed by atoms with Gasteiger partial charge in [0.05, 0.1) is 32.6 Å². The predicted octanol–water partition coefficient (Wildman–Crippen LogP) is 6.58. The lowest BCUT2D eigenvalue weighted by Crippen LogP contribution is -2.42. The number of hydrogen-bond acceptors (Lipinski definition) is 7. The van der Waals surface area contributed by atoms with Gasteiger partial charge in [0.1, 0.15) is 11.6 Å². The average Bonchev–Trinajstić information content (AvgIpc) is 3.78. The summed E-state index contributed by atoms with van der Waals surface area (Å²) >= 11 is 14.8. The summed E-state index contributed by atoms with van der Waals surface area (Å²) in [5.41, 5.74) is 1.86. The highest BCUT2D eigenvalue weighted by atomic mass is 35.5. The van der Waals surface area contributed by atoms with E-state index in [0.717, 1.165) is 21.9 Å². The summed E-state index contributed by atoms with van der Waals surface area (Å²) in [4.78, 5) is 57.6. The van der Waals surface area contributed by atoms with E-state index in [1.165, 1.54) is 40.5 Å². The third-order valence-electron chi connectivity index (χ3n) is 9.62. The maximum absolute atomic E-state index is 13.8. The molecule has 1 saturated heterocycles. The van der Waals surface area contributed by atoms with Crippen LogP contribution in [0.5, 0.6) is 5.75 Å². The molecule has 2 aliphatic heterocycles. The third-order valence-corrected chi connectivity index (χ3v) is 12.9. The van der Waals surface area contributed by atoms with Crippen molar-refractivity contribution in [1.82, 2.24) is 4.98 Å². The Bertz CT molecular complexity index is 1970. The summed E-state index contributed by atoms with van der Waals surface area (Å²) in [5.74, 6) is -1.85. The highest BCUT2D eigenvalue weighted by Gasteiger charge is 2.69. The smallest absolute Gasteiger partial charge is 0.305 e. The predicted molar refractivity (Wildman–Crippen MR) is 174 cm³/mol. The lowest BCUT2D eigenvalue weighted by Gasteiger charge is -2.43. The summed E-state index contributed by atoms with van der Waals surface area (Å²) in [5, 5.41) is 4.30. The zero-order valence-corrected chi connectivity index (χ0v) is 26.9. The van der Waals surface area contributed by atoms with E-state index < -0.39 is 17.7 Å². The first-order valence-corrected chi connectivity index (χ1v) is 17.1. The van der Waals surface area contributed by atoms with E-state index in [1.807, 2.05) is 12.1 Å². The number of rotatable bonds is 6. The maximum atomic E-state index is 13.8. The summed E-state index contributed by atoms with van der Waals surface area (Å²) in [7, 11) is 0. The molecule has 7 atom stereocenters. The zero-order valence-electron chi connectivity index (χ0n) is 23.7. The van der Waals surface area contributed by atoms with Gasteiger partial charge in [-0.2, -0.15) is 0 Å². The monoisotopic (exact) mass is 695 g/mol. The van der Waals surface area contributed by atoms with Crippen LogP contribution < -0.4 is 19.8 Å². The molecule has 0 spiro atoms. The molecule has 46 heavy (non-hydrogen) atoms. The summed E-state index contributed by atoms with van der Waals surface area (Å²) in [6.07, 6.45) is 0.761. The number of imide groups is 1. The molecular formula is C33H24Cl2FN3O5S2. The number of fused-ring (bicyclic) bond motifs is 9. The lowest BCUT2D eigenvalue weighted by molar-refractivity contribution is -0.123. The Labute approximate surface area is 280 Å². The van der Waals surface area contributed by atoms with Crippen LogP contribution in [0.25, 0.3) is 0 Å². The lowest BCUT2D eigenvalue weighted by atomic mass is 9.68. The van der Waals surface area contributed by atoms with Crippen LogP contribution in [0, 0.1) is 35.4 Å². The van der Waals surface area contributed by atoms with Gasteiger partial charge in [0.25, 0.3) is 5.91 Å². The fraction of sp³-hybridized carbons (Fsp3) is 0.273. The van der Waals surface area contributed by atoms with E-state index in [0.29, 0.717) is 27.2 Å². The minimum atomic E-state index is -0.458. The maximum Gasteiger partial charge on any atom is 0.305 e. The van der Waals surface area contributed by atoms with E-state index in [4.69, 9.17) is 27.9 Å². The molecule has 8 rings (SSSR count). The van der Waals surface area contributed by atoms with Crippen LogP contribution in [-0.4, -0.2) is 34.6 Å². The zero-order chi connectivity index (χ0) is 31.9. The van der Waals surface area contributed by atoms with Crippen molar-refractivity contribution in [2.45, 2.75) is 22.6 Å². The number of thioether (sulfide) groups is 1. The van der Waals surface area contributed by atoms with Gasteiger partial charge in [-0.1, -0.05) is 46.7 Å². The first-order chi connectivity index (χ1) is 22.2. The molecule has 3 aromatic carbocycles. The summed E-state index contributed by atoms with van der Waals surface area (Å²) in [6.45, 7) is -0.221. The second-order valence-corrected chi connectivity index (χ2v) is 15.0. The fourth-order valence-electron chi connectivity index (χ4n) is 7.93. The Morgan fingerprint density at radius 1 is 0.957 bits per heavy atom. The number of halogens is 3. The Hall–Kier alpha value is -3.64. The number of H-pyrrole nitrogens is 1. The number of aromatic nitrogens is 1. The molecule has 4 aliphatic rings. The van der Waals surface area contributed by atoms with Gasteiger partial charge in [-0.15, -0.1) is 11.8 Å². The molecule has 3 amide bonds. The molecule has 13 heteroatoms. The summed E-state index contributed by atoms with van der Waals surface area (Å²) < 4.78 is 19.4. The van der Waals surface area contributed by atoms with Crippen molar-refractivity contribution in [3.63, 3.8) is 0 Å². The first-order valence-electron chi connectivity index (χ1n) is 14.7. The van der Waals surface area contributed by atoms with Crippen molar-refractivity contribution in [2.75, 3.05) is 16.8 Å². The number of anilines is 2. The van der Waals surface area contributed by atoms with Crippen LogP contribution in [0.2, 0.25) is 10.0 Å². The number of nitrogens with zero attached hydrogens (tertiary/aromatic N) is 1. The van der Waals surface area contributed by atoms with Crippen molar-refractivity contribution in [3.05, 3.63) is 103 Å². The second kappa shape index (κ2) is 11.3. The first kappa shape index (κ1) is 29.7. The van der Waals surface area contributed by atoms with Crippen molar-refractivity contribution < 1.29 is 23.5 Å². The van der Waals surface area contributed by atoms with E-state index in [-0.39, 0.29) is 58.1 Å². The van der Waals surface area contributed by atoms with E-state index in [2.05, 4.69) is 10.3 Å². The number of amides is 3. The van der Waals surface area contributed by atoms with E-state index in [9.17, 15) is 23.6 Å². The van der Waals surface area contributed by atoms with Crippen LogP contribution >= 0.6 is 46.3 Å². The molecule has 234 valence electrons. The van der Waals surface area contributed by atoms with Gasteiger partial charge in [0.15, 0.2) is 6.61 Å². The van der Waals surface area contributed by atoms with Crippen molar-refractivity contribution >= 4 is 75.4 Å². The normalized spacial score (nSPS) is 27.4. The largest absolute Gasteiger partial charge is 0.484 e. The van der Waals surface area contributed by atoms with Crippen LogP contribution in [0.3, 0.4) is 0 Å². The molecule has 2 aliphatic carbocycles. The number of nitrogens with one attached hydrogen (secondary N) is 2. The standard InChI is InChI=1S/C33H24Cl2FN3O5S2/c34-21-10-5-16(11-22(21)35)37-23(40)13-44-18-8-1-14(2-9-18)24-25-19-12-20(28(25)45-30-29(24)46-33(43)38-30)27-26(19)31(41)39(32(27)42)17-6-3-15(36)4-7-17/h1-11,19-20,24-28H,12-13H2,(H,37,40)(H,38,43)/t19?,20?,24-,25?,26?,27?,28?/m1/s1. The topological polar surface area (TPSA) is 109 Å². The van der Waals surface area contributed by atoms with Gasteiger partial charge in [0, 0.05) is 21.7 Å². The minimum absolute atomic E-state index is 0.0254. The molecule has 6 unspecified atom stereocenters. The van der Waals surface area contributed by atoms with Crippen LogP contribution in [-0.2, 0) is 14.4 Å². The Morgan fingerprint density at radius 2 is 1.67 bits per heavy atom. The Morgan fingerprint density at radius 3 is 2.39 bits per heavy atom. The third kappa shape index (κ3) is 4.78. The number of benzene rings is 3. The number of ether oxygens (including phenoxy) is 1. The van der Waals surface area contributed by atoms with Crippen LogP contribution in [0.1, 0.15) is 22.8 Å². The van der Waals surface area contributed by atoms with Crippen LogP contribution in [0.15, 0.2) is 76.6 Å². The Kier molecular flexibility index (Phi) is 7.28. The molecule has 3 fully saturated rings. The highest BCUT2D eigenvalue weighted by molar-refractivity contribution is 8.00. The molecular weight excluding hydrogens is 672 g/mol. The average molecular weight is 697 g/mol. The SMILES string of the molecule is O=C(COc1ccc([C@H]2c3sc(=O)[nH]c3SC3C4CC(C5C(=O)N(c6ccc(F)cc6)C(=O)C45)C32)cc1)Nc1ccc(Cl)c(Cl)c1. The molecule has 2 saturated carbocycles. The van der Waals surface area contributed by atoms with Gasteiger partial charge < -0.3 is 15.0 Å². The number of thiazole rings is 1. The molecule has 4 aromatic rings. The number of carbonyl (C=O) groups excluding carboxylic acids is 3. The summed E-state index contributed by atoms with van der Waals surface area (Å²) in [6, 6.07) is 17.7. The van der Waals surface area contributed by atoms with Gasteiger partial charge in [-0.25, -0.2) is 4.39 Å². The molecule has 2 bridgehead atoms. The van der Waals surface area contributed by atoms with Gasteiger partial charge in [-0.3, -0.25) is 24.1 Å². The van der Waals surface area contributed by atoms with Crippen molar-refractivity contribution in [2.24, 2.45) is 29.6 Å². The number of aromatic amines is 1. The minimum Gasteiger partial charge on any atom is -0.484 e. The number of hydrogen-bond donors (Lipinski definition) is 2. The van der Waals surface area contributed by atoms with Crippen LogP contribution in [0.4, 0.5) is 15.8 Å². The Balaban J connectivity index is 1.04. The highest BCUT2D eigenvalue weighted by Crippen LogP contribution is 2.68. The fourth-order valence-corrected chi connectivity index (χ4v) is 11.1. The molecule has 2 N–H and O–H groups in total. The van der Waals surface area contributed by atoms with Gasteiger partial charge in [0.2, 0.25) is 11.8 Å². The molecule has 0 radical (unpaired) electrons. The number of carbonyl (C=O) groups is 3. The van der Waals surface area contributed by atoms with Crippen molar-refractivity contribution in [3.8, 4) is 5.75 Å². The quantitative estimate of drug-likeness (QED) is 0.221. The molecule has 8 nitrogen and oxygen atoms in total. The molecule has 1 aromatic heterocycles. The van der Waals surface area contributed by atoms with Crippen molar-refractivity contribution in [1.29, 1.82) is 0 Å².